The van der Waals surface area contributed by atoms with Gasteiger partial charge in [0.1, 0.15) is 6.10 Å². The maximum atomic E-state index is 12.4. The van der Waals surface area contributed by atoms with Crippen molar-refractivity contribution in [2.45, 2.75) is 33.8 Å². The fraction of sp³-hybridized carbons (Fsp3) is 0.278. The molecule has 1 atom stereocenters. The third kappa shape index (κ3) is 2.81. The summed E-state index contributed by atoms with van der Waals surface area (Å²) in [5.74, 6) is -0.253. The van der Waals surface area contributed by atoms with Crippen LogP contribution in [-0.4, -0.2) is 10.9 Å². The van der Waals surface area contributed by atoms with Gasteiger partial charge in [0, 0.05) is 5.56 Å². The summed E-state index contributed by atoms with van der Waals surface area (Å²) in [4.78, 5) is 12.4. The first-order valence-electron chi connectivity index (χ1n) is 6.77. The molecule has 2 aromatic carbocycles. The quantitative estimate of drug-likeness (QED) is 0.859. The first-order valence-corrected chi connectivity index (χ1v) is 6.77. The zero-order valence-electron chi connectivity index (χ0n) is 12.4. The van der Waals surface area contributed by atoms with Gasteiger partial charge in [0.15, 0.2) is 5.78 Å². The zero-order valence-corrected chi connectivity index (χ0v) is 12.4. The summed E-state index contributed by atoms with van der Waals surface area (Å²) in [5, 5.41) is 10.3. The van der Waals surface area contributed by atoms with Crippen molar-refractivity contribution < 1.29 is 9.90 Å². The number of hydrogen-bond acceptors (Lipinski definition) is 2. The Bertz CT molecular complexity index is 656. The van der Waals surface area contributed by atoms with Crippen molar-refractivity contribution in [2.24, 2.45) is 0 Å². The van der Waals surface area contributed by atoms with Crippen LogP contribution in [0.3, 0.4) is 0 Å². The number of aliphatic hydroxyl groups excluding tert-OH is 1. The fourth-order valence-electron chi connectivity index (χ4n) is 2.14. The molecule has 0 spiro atoms. The van der Waals surface area contributed by atoms with Crippen molar-refractivity contribution >= 4 is 5.78 Å². The number of hydrogen-bond donors (Lipinski definition) is 1. The summed E-state index contributed by atoms with van der Waals surface area (Å²) in [6.07, 6.45) is -1.10. The lowest BCUT2D eigenvalue weighted by atomic mass is 9.95. The van der Waals surface area contributed by atoms with Gasteiger partial charge in [-0.05, 0) is 61.6 Å². The molecule has 0 aliphatic rings. The number of aliphatic hydroxyl groups is 1. The average Bonchev–Trinajstić information content (AvgIpc) is 2.43. The number of benzene rings is 2. The third-order valence-corrected chi connectivity index (χ3v) is 3.89. The molecule has 0 aliphatic heterocycles. The van der Waals surface area contributed by atoms with Crippen LogP contribution in [0.4, 0.5) is 0 Å². The van der Waals surface area contributed by atoms with Crippen LogP contribution in [0.5, 0.6) is 0 Å². The Morgan fingerprint density at radius 2 is 1.40 bits per heavy atom. The Kier molecular flexibility index (Phi) is 4.05. The monoisotopic (exact) mass is 268 g/mol. The van der Waals surface area contributed by atoms with E-state index in [0.717, 1.165) is 22.3 Å². The van der Waals surface area contributed by atoms with Gasteiger partial charge >= 0.3 is 0 Å². The standard InChI is InChI=1S/C18H20O2/c1-11-5-7-15(9-13(11)3)17(19)18(20)16-8-6-12(2)14(4)10-16/h5-10,17,19H,1-4H3. The minimum absolute atomic E-state index is 0.253. The first-order chi connectivity index (χ1) is 9.40. The van der Waals surface area contributed by atoms with Gasteiger partial charge in [-0.15, -0.1) is 0 Å². The van der Waals surface area contributed by atoms with Crippen LogP contribution >= 0.6 is 0 Å². The number of carbonyl (C=O) groups is 1. The Labute approximate surface area is 120 Å². The lowest BCUT2D eigenvalue weighted by Crippen LogP contribution is -2.13. The summed E-state index contributed by atoms with van der Waals surface area (Å²) >= 11 is 0. The van der Waals surface area contributed by atoms with E-state index >= 15 is 0 Å². The number of Topliss-reactive ketones (excluding diaryl/α,β-unsaturated/α-hetero) is 1. The molecule has 1 N–H and O–H groups in total. The molecular weight excluding hydrogens is 248 g/mol. The van der Waals surface area contributed by atoms with E-state index in [1.165, 1.54) is 0 Å². The molecule has 0 radical (unpaired) electrons. The van der Waals surface area contributed by atoms with Crippen molar-refractivity contribution in [1.29, 1.82) is 0 Å². The second-order valence-corrected chi connectivity index (χ2v) is 5.41. The molecule has 0 heterocycles. The normalized spacial score (nSPS) is 12.2. The Hall–Kier alpha value is -1.93. The molecule has 0 bridgehead atoms. The van der Waals surface area contributed by atoms with E-state index < -0.39 is 6.10 Å². The molecule has 0 saturated heterocycles. The largest absolute Gasteiger partial charge is 0.380 e. The molecule has 0 amide bonds. The van der Waals surface area contributed by atoms with Gasteiger partial charge in [-0.3, -0.25) is 4.79 Å². The SMILES string of the molecule is Cc1ccc(C(=O)C(O)c2ccc(C)c(C)c2)cc1C. The van der Waals surface area contributed by atoms with E-state index in [4.69, 9.17) is 0 Å². The van der Waals surface area contributed by atoms with Crippen LogP contribution in [0, 0.1) is 27.7 Å². The summed E-state index contributed by atoms with van der Waals surface area (Å²) < 4.78 is 0. The van der Waals surface area contributed by atoms with E-state index in [1.54, 1.807) is 6.07 Å². The molecule has 2 heteroatoms. The minimum Gasteiger partial charge on any atom is -0.380 e. The van der Waals surface area contributed by atoms with Gasteiger partial charge in [0.05, 0.1) is 0 Å². The molecule has 2 aromatic rings. The van der Waals surface area contributed by atoms with Crippen molar-refractivity contribution in [2.75, 3.05) is 0 Å². The molecule has 2 rings (SSSR count). The van der Waals surface area contributed by atoms with E-state index in [1.807, 2.05) is 58.0 Å². The van der Waals surface area contributed by atoms with Gasteiger partial charge in [-0.25, -0.2) is 0 Å². The molecule has 0 aromatic heterocycles. The molecule has 0 aliphatic carbocycles. The summed E-state index contributed by atoms with van der Waals surface area (Å²) in [6, 6.07) is 11.1. The first kappa shape index (κ1) is 14.5. The van der Waals surface area contributed by atoms with Gasteiger partial charge in [0.25, 0.3) is 0 Å². The molecule has 0 fully saturated rings. The Morgan fingerprint density at radius 1 is 0.850 bits per heavy atom. The van der Waals surface area contributed by atoms with Crippen LogP contribution < -0.4 is 0 Å². The van der Waals surface area contributed by atoms with Crippen LogP contribution in [0.1, 0.15) is 44.3 Å². The molecule has 0 saturated carbocycles. The summed E-state index contributed by atoms with van der Waals surface area (Å²) in [5.41, 5.74) is 5.63. The zero-order chi connectivity index (χ0) is 14.9. The van der Waals surface area contributed by atoms with E-state index in [-0.39, 0.29) is 5.78 Å². The Balaban J connectivity index is 2.32. The highest BCUT2D eigenvalue weighted by Gasteiger charge is 2.19. The molecule has 1 unspecified atom stereocenters. The highest BCUT2D eigenvalue weighted by molar-refractivity contribution is 6.00. The van der Waals surface area contributed by atoms with Crippen molar-refractivity contribution in [3.63, 3.8) is 0 Å². The van der Waals surface area contributed by atoms with E-state index in [9.17, 15) is 9.90 Å². The van der Waals surface area contributed by atoms with E-state index in [2.05, 4.69) is 0 Å². The van der Waals surface area contributed by atoms with Crippen LogP contribution in [0.25, 0.3) is 0 Å². The van der Waals surface area contributed by atoms with Gasteiger partial charge in [-0.2, -0.15) is 0 Å². The van der Waals surface area contributed by atoms with Crippen LogP contribution in [0.15, 0.2) is 36.4 Å². The third-order valence-electron chi connectivity index (χ3n) is 3.89. The van der Waals surface area contributed by atoms with E-state index in [0.29, 0.717) is 11.1 Å². The second-order valence-electron chi connectivity index (χ2n) is 5.41. The minimum atomic E-state index is -1.10. The maximum Gasteiger partial charge on any atom is 0.195 e. The van der Waals surface area contributed by atoms with Crippen molar-refractivity contribution in [3.05, 3.63) is 69.8 Å². The molecule has 20 heavy (non-hydrogen) atoms. The lowest BCUT2D eigenvalue weighted by Gasteiger charge is -2.13. The molecule has 2 nitrogen and oxygen atoms in total. The Morgan fingerprint density at radius 3 is 1.95 bits per heavy atom. The topological polar surface area (TPSA) is 37.3 Å². The second kappa shape index (κ2) is 5.59. The highest BCUT2D eigenvalue weighted by atomic mass is 16.3. The lowest BCUT2D eigenvalue weighted by molar-refractivity contribution is 0.0747. The number of ketones is 1. The number of rotatable bonds is 3. The van der Waals surface area contributed by atoms with Crippen LogP contribution in [-0.2, 0) is 0 Å². The fourth-order valence-corrected chi connectivity index (χ4v) is 2.14. The van der Waals surface area contributed by atoms with Crippen molar-refractivity contribution in [3.8, 4) is 0 Å². The molecule has 104 valence electrons. The highest BCUT2D eigenvalue weighted by Crippen LogP contribution is 2.22. The number of aryl methyl sites for hydroxylation is 4. The smallest absolute Gasteiger partial charge is 0.195 e. The molecular formula is C18H20O2. The maximum absolute atomic E-state index is 12.4. The summed E-state index contributed by atoms with van der Waals surface area (Å²) in [6.45, 7) is 7.96. The average molecular weight is 268 g/mol. The van der Waals surface area contributed by atoms with Gasteiger partial charge in [0.2, 0.25) is 0 Å². The predicted molar refractivity (Wildman–Crippen MR) is 81.1 cm³/mol. The van der Waals surface area contributed by atoms with Crippen LogP contribution in [0.2, 0.25) is 0 Å². The van der Waals surface area contributed by atoms with Crippen molar-refractivity contribution in [1.82, 2.24) is 0 Å². The predicted octanol–water partition coefficient (Wildman–Crippen LogP) is 3.84. The van der Waals surface area contributed by atoms with Gasteiger partial charge < -0.3 is 5.11 Å². The number of carbonyl (C=O) groups excluding carboxylic acids is 1. The van der Waals surface area contributed by atoms with Gasteiger partial charge in [-0.1, -0.05) is 30.3 Å². The summed E-state index contributed by atoms with van der Waals surface area (Å²) in [7, 11) is 0.